The van der Waals surface area contributed by atoms with Crippen LogP contribution in [-0.4, -0.2) is 70.5 Å². The monoisotopic (exact) mass is 639 g/mol. The Kier molecular flexibility index (Phi) is 10.6. The summed E-state index contributed by atoms with van der Waals surface area (Å²) in [7, 11) is 0. The molecule has 1 atom stereocenters. The van der Waals surface area contributed by atoms with Crippen molar-refractivity contribution < 1.29 is 13.9 Å². The first-order valence-electron chi connectivity index (χ1n) is 16.9. The third-order valence-corrected chi connectivity index (χ3v) is 9.10. The fourth-order valence-electron chi connectivity index (χ4n) is 6.59. The number of piperazine rings is 1. The highest BCUT2D eigenvalue weighted by molar-refractivity contribution is 5.98. The van der Waals surface area contributed by atoms with Gasteiger partial charge in [-0.25, -0.2) is 14.1 Å². The molecule has 0 bridgehead atoms. The van der Waals surface area contributed by atoms with Crippen LogP contribution in [0.5, 0.6) is 0 Å². The van der Waals surface area contributed by atoms with Crippen LogP contribution in [-0.2, 0) is 35.6 Å². The summed E-state index contributed by atoms with van der Waals surface area (Å²) < 4.78 is 22.6. The van der Waals surface area contributed by atoms with Gasteiger partial charge in [-0.1, -0.05) is 31.2 Å². The molecule has 2 aliphatic rings. The Morgan fingerprint density at radius 3 is 2.79 bits per heavy atom. The topological polar surface area (TPSA) is 96.3 Å². The SMILES string of the molecule is CCc1nc2c(cnn2CC)c(NC2CCOCC2)c1/C=C/C(=O)NCc1ccc(F)c(-c2cccc(CN3CCN[C@@H](C)C3)c2)c1. The second-order valence-corrected chi connectivity index (χ2v) is 12.6. The first-order valence-corrected chi connectivity index (χ1v) is 16.9. The van der Waals surface area contributed by atoms with E-state index >= 15 is 4.39 Å². The number of hydrogen-bond acceptors (Lipinski definition) is 7. The molecule has 2 aromatic heterocycles. The number of anilines is 1. The van der Waals surface area contributed by atoms with Crippen molar-refractivity contribution in [2.45, 2.75) is 71.8 Å². The largest absolute Gasteiger partial charge is 0.381 e. The molecule has 0 saturated carbocycles. The van der Waals surface area contributed by atoms with Gasteiger partial charge in [0.1, 0.15) is 5.82 Å². The summed E-state index contributed by atoms with van der Waals surface area (Å²) in [5, 5.41) is 15.7. The lowest BCUT2D eigenvalue weighted by Gasteiger charge is -2.31. The quantitative estimate of drug-likeness (QED) is 0.186. The molecule has 0 aliphatic carbocycles. The molecular weight excluding hydrogens is 593 g/mol. The molecule has 3 N–H and O–H groups in total. The third kappa shape index (κ3) is 7.89. The van der Waals surface area contributed by atoms with E-state index in [0.717, 1.165) is 103 Å². The Morgan fingerprint density at radius 2 is 2.00 bits per heavy atom. The van der Waals surface area contributed by atoms with E-state index in [1.165, 1.54) is 6.07 Å². The fraction of sp³-hybridized carbons (Fsp3) is 0.432. The molecule has 47 heavy (non-hydrogen) atoms. The molecule has 2 fully saturated rings. The van der Waals surface area contributed by atoms with Crippen molar-refractivity contribution in [3.63, 3.8) is 0 Å². The number of carbonyl (C=O) groups is 1. The lowest BCUT2D eigenvalue weighted by atomic mass is 10.00. The molecular formula is C37H46FN7O2. The molecule has 1 amide bonds. The van der Waals surface area contributed by atoms with Gasteiger partial charge < -0.3 is 20.7 Å². The van der Waals surface area contributed by atoms with Crippen molar-refractivity contribution in [2.75, 3.05) is 38.2 Å². The van der Waals surface area contributed by atoms with Gasteiger partial charge in [0, 0.05) is 81.8 Å². The number of rotatable bonds is 11. The van der Waals surface area contributed by atoms with Crippen molar-refractivity contribution in [3.05, 3.63) is 82.9 Å². The lowest BCUT2D eigenvalue weighted by molar-refractivity contribution is -0.116. The van der Waals surface area contributed by atoms with Crippen LogP contribution in [0.2, 0.25) is 0 Å². The zero-order valence-corrected chi connectivity index (χ0v) is 27.7. The molecule has 2 aliphatic heterocycles. The van der Waals surface area contributed by atoms with Crippen molar-refractivity contribution in [1.29, 1.82) is 0 Å². The number of halogens is 1. The molecule has 0 spiro atoms. The second-order valence-electron chi connectivity index (χ2n) is 12.6. The lowest BCUT2D eigenvalue weighted by Crippen LogP contribution is -2.48. The Hall–Kier alpha value is -4.12. The Bertz CT molecular complexity index is 1730. The molecule has 0 unspecified atom stereocenters. The van der Waals surface area contributed by atoms with Gasteiger partial charge in [0.25, 0.3) is 0 Å². The Morgan fingerprint density at radius 1 is 1.15 bits per heavy atom. The van der Waals surface area contributed by atoms with E-state index in [0.29, 0.717) is 18.0 Å². The van der Waals surface area contributed by atoms with E-state index in [-0.39, 0.29) is 24.3 Å². The van der Waals surface area contributed by atoms with Crippen LogP contribution in [0.25, 0.3) is 28.2 Å². The van der Waals surface area contributed by atoms with Crippen molar-refractivity contribution in [1.82, 2.24) is 30.3 Å². The van der Waals surface area contributed by atoms with Gasteiger partial charge in [-0.3, -0.25) is 9.69 Å². The predicted molar refractivity (Wildman–Crippen MR) is 186 cm³/mol. The summed E-state index contributed by atoms with van der Waals surface area (Å²) in [6, 6.07) is 13.9. The van der Waals surface area contributed by atoms with Gasteiger partial charge in [-0.2, -0.15) is 5.10 Å². The zero-order chi connectivity index (χ0) is 32.8. The number of nitrogens with zero attached hydrogens (tertiary/aromatic N) is 4. The highest BCUT2D eigenvalue weighted by atomic mass is 19.1. The van der Waals surface area contributed by atoms with Crippen LogP contribution in [0.15, 0.2) is 54.7 Å². The number of benzene rings is 2. The van der Waals surface area contributed by atoms with E-state index < -0.39 is 0 Å². The molecule has 9 nitrogen and oxygen atoms in total. The number of pyridine rings is 1. The van der Waals surface area contributed by atoms with E-state index in [1.807, 2.05) is 35.2 Å². The van der Waals surface area contributed by atoms with Gasteiger partial charge >= 0.3 is 0 Å². The van der Waals surface area contributed by atoms with Gasteiger partial charge in [-0.05, 0) is 74.1 Å². The van der Waals surface area contributed by atoms with Crippen LogP contribution in [0.1, 0.15) is 56.0 Å². The minimum atomic E-state index is -0.279. The maximum Gasteiger partial charge on any atom is 0.244 e. The Balaban J connectivity index is 1.17. The number of fused-ring (bicyclic) bond motifs is 1. The molecule has 4 aromatic rings. The van der Waals surface area contributed by atoms with Crippen molar-refractivity contribution in [3.8, 4) is 11.1 Å². The van der Waals surface area contributed by atoms with Crippen LogP contribution < -0.4 is 16.0 Å². The molecule has 0 radical (unpaired) electrons. The first-order chi connectivity index (χ1) is 22.9. The smallest absolute Gasteiger partial charge is 0.244 e. The maximum absolute atomic E-state index is 15.1. The fourth-order valence-corrected chi connectivity index (χ4v) is 6.59. The number of aromatic nitrogens is 3. The van der Waals surface area contributed by atoms with Crippen LogP contribution in [0.3, 0.4) is 0 Å². The summed E-state index contributed by atoms with van der Waals surface area (Å²) >= 11 is 0. The number of carbonyl (C=O) groups excluding carboxylic acids is 1. The minimum absolute atomic E-state index is 0.230. The van der Waals surface area contributed by atoms with Gasteiger partial charge in [0.05, 0.1) is 23.0 Å². The average molecular weight is 640 g/mol. The summed E-state index contributed by atoms with van der Waals surface area (Å²) in [4.78, 5) is 20.5. The van der Waals surface area contributed by atoms with Crippen LogP contribution in [0.4, 0.5) is 10.1 Å². The van der Waals surface area contributed by atoms with Crippen LogP contribution in [0, 0.1) is 5.82 Å². The maximum atomic E-state index is 15.1. The molecule has 2 saturated heterocycles. The number of hydrogen-bond donors (Lipinski definition) is 3. The zero-order valence-electron chi connectivity index (χ0n) is 27.7. The molecule has 4 heterocycles. The van der Waals surface area contributed by atoms with Gasteiger partial charge in [0.15, 0.2) is 5.65 Å². The molecule has 6 rings (SSSR count). The normalized spacial score (nSPS) is 17.8. The third-order valence-electron chi connectivity index (χ3n) is 9.10. The second kappa shape index (κ2) is 15.2. The van der Waals surface area contributed by atoms with E-state index in [2.05, 4.69) is 58.9 Å². The minimum Gasteiger partial charge on any atom is -0.381 e. The average Bonchev–Trinajstić information content (AvgIpc) is 3.50. The first kappa shape index (κ1) is 32.8. The summed E-state index contributed by atoms with van der Waals surface area (Å²) in [5.74, 6) is -0.509. The van der Waals surface area contributed by atoms with E-state index in [4.69, 9.17) is 9.72 Å². The molecule has 2 aromatic carbocycles. The summed E-state index contributed by atoms with van der Waals surface area (Å²) in [5.41, 5.74) is 6.96. The number of amides is 1. The van der Waals surface area contributed by atoms with E-state index in [1.54, 1.807) is 12.1 Å². The van der Waals surface area contributed by atoms with Crippen molar-refractivity contribution >= 4 is 28.7 Å². The van der Waals surface area contributed by atoms with Crippen LogP contribution >= 0.6 is 0 Å². The van der Waals surface area contributed by atoms with Gasteiger partial charge in [0.2, 0.25) is 5.91 Å². The van der Waals surface area contributed by atoms with Crippen molar-refractivity contribution in [2.24, 2.45) is 0 Å². The standard InChI is InChI=1S/C37H46FN7O2/c1-4-34-30(36(42-29-13-17-47-18-14-29)32-22-41-45(5-2)37(32)43-34)10-12-35(46)40-21-26-9-11-33(38)31(20-26)28-8-6-7-27(19-28)24-44-16-15-39-25(3)23-44/h6-12,19-20,22,25,29,39H,4-5,13-18,21,23-24H2,1-3H3,(H,40,46)(H,42,43)/b12-10+/t25-/m0/s1. The highest BCUT2D eigenvalue weighted by Crippen LogP contribution is 2.32. The van der Waals surface area contributed by atoms with Gasteiger partial charge in [-0.15, -0.1) is 0 Å². The number of ether oxygens (including phenoxy) is 1. The predicted octanol–water partition coefficient (Wildman–Crippen LogP) is 5.53. The van der Waals surface area contributed by atoms with E-state index in [9.17, 15) is 4.79 Å². The molecule has 10 heteroatoms. The summed E-state index contributed by atoms with van der Waals surface area (Å²) in [6.07, 6.45) is 7.81. The summed E-state index contributed by atoms with van der Waals surface area (Å²) in [6.45, 7) is 12.6. The number of aryl methyl sites for hydroxylation is 2. The number of nitrogens with one attached hydrogen (secondary N) is 3. The molecule has 248 valence electrons. The highest BCUT2D eigenvalue weighted by Gasteiger charge is 2.21. The Labute approximate surface area is 276 Å².